The summed E-state index contributed by atoms with van der Waals surface area (Å²) >= 11 is 0. The number of carbonyl (C=O) groups excluding carboxylic acids is 2. The van der Waals surface area contributed by atoms with E-state index in [1.807, 2.05) is 12.1 Å². The lowest BCUT2D eigenvalue weighted by molar-refractivity contribution is -0.158. The quantitative estimate of drug-likeness (QED) is 0.251. The lowest BCUT2D eigenvalue weighted by atomic mass is 10.1. The highest BCUT2D eigenvalue weighted by molar-refractivity contribution is 5.89. The summed E-state index contributed by atoms with van der Waals surface area (Å²) in [5, 5.41) is 2.55. The molecule has 0 unspecified atom stereocenters. The SMILES string of the molecule is CCCCCCCN(Cc1ccc(OC(C)(C)C(=O)OCC)cc1)C(=O)Nc1ccc(F)cc1F. The Kier molecular flexibility index (Phi) is 11.0. The summed E-state index contributed by atoms with van der Waals surface area (Å²) in [6.45, 7) is 8.20. The Hall–Kier alpha value is -3.16. The molecule has 2 amide bonds. The number of ether oxygens (including phenoxy) is 2. The van der Waals surface area contributed by atoms with Crippen LogP contribution in [-0.4, -0.2) is 35.7 Å². The smallest absolute Gasteiger partial charge is 0.349 e. The molecule has 0 atom stereocenters. The first-order chi connectivity index (χ1) is 16.7. The average Bonchev–Trinajstić information content (AvgIpc) is 2.81. The maximum Gasteiger partial charge on any atom is 0.349 e. The molecule has 2 aromatic rings. The minimum absolute atomic E-state index is 0.0719. The molecule has 2 aromatic carbocycles. The lowest BCUT2D eigenvalue weighted by Crippen LogP contribution is -2.39. The minimum Gasteiger partial charge on any atom is -0.476 e. The molecule has 0 aromatic heterocycles. The Morgan fingerprint density at radius 2 is 1.66 bits per heavy atom. The van der Waals surface area contributed by atoms with Gasteiger partial charge in [-0.2, -0.15) is 0 Å². The number of amides is 2. The maximum absolute atomic E-state index is 14.1. The van der Waals surface area contributed by atoms with Crippen molar-refractivity contribution in [3.63, 3.8) is 0 Å². The van der Waals surface area contributed by atoms with Crippen molar-refractivity contribution in [3.8, 4) is 5.75 Å². The lowest BCUT2D eigenvalue weighted by Gasteiger charge is -2.25. The van der Waals surface area contributed by atoms with Crippen LogP contribution in [-0.2, 0) is 16.1 Å². The molecule has 0 aliphatic heterocycles. The third kappa shape index (κ3) is 9.19. The summed E-state index contributed by atoms with van der Waals surface area (Å²) < 4.78 is 38.1. The first-order valence-electron chi connectivity index (χ1n) is 12.1. The third-order valence-corrected chi connectivity index (χ3v) is 5.43. The van der Waals surface area contributed by atoms with E-state index in [1.165, 1.54) is 6.07 Å². The molecule has 8 heteroatoms. The number of urea groups is 1. The van der Waals surface area contributed by atoms with E-state index in [9.17, 15) is 18.4 Å². The first-order valence-corrected chi connectivity index (χ1v) is 12.1. The molecule has 0 radical (unpaired) electrons. The van der Waals surface area contributed by atoms with Gasteiger partial charge in [0.05, 0.1) is 12.3 Å². The van der Waals surface area contributed by atoms with E-state index in [2.05, 4.69) is 12.2 Å². The molecular weight excluding hydrogens is 454 g/mol. The summed E-state index contributed by atoms with van der Waals surface area (Å²) in [5.74, 6) is -1.49. The van der Waals surface area contributed by atoms with E-state index in [0.717, 1.165) is 49.8 Å². The number of hydrogen-bond acceptors (Lipinski definition) is 4. The number of anilines is 1. The van der Waals surface area contributed by atoms with Crippen molar-refractivity contribution in [2.24, 2.45) is 0 Å². The maximum atomic E-state index is 14.1. The van der Waals surface area contributed by atoms with Gasteiger partial charge in [-0.25, -0.2) is 18.4 Å². The highest BCUT2D eigenvalue weighted by Gasteiger charge is 2.31. The van der Waals surface area contributed by atoms with Gasteiger partial charge in [0.25, 0.3) is 0 Å². The van der Waals surface area contributed by atoms with Crippen LogP contribution < -0.4 is 10.1 Å². The van der Waals surface area contributed by atoms with Crippen molar-refractivity contribution < 1.29 is 27.8 Å². The fourth-order valence-electron chi connectivity index (χ4n) is 3.47. The van der Waals surface area contributed by atoms with Crippen LogP contribution in [0.25, 0.3) is 0 Å². The van der Waals surface area contributed by atoms with Crippen LogP contribution in [0.15, 0.2) is 42.5 Å². The van der Waals surface area contributed by atoms with E-state index < -0.39 is 29.2 Å². The number of rotatable bonds is 13. The molecule has 0 heterocycles. The summed E-state index contributed by atoms with van der Waals surface area (Å²) in [6.07, 6.45) is 5.14. The fourth-order valence-corrected chi connectivity index (χ4v) is 3.47. The van der Waals surface area contributed by atoms with Crippen molar-refractivity contribution in [1.29, 1.82) is 0 Å². The zero-order chi connectivity index (χ0) is 25.8. The van der Waals surface area contributed by atoms with Gasteiger partial charge in [0.15, 0.2) is 5.60 Å². The van der Waals surface area contributed by atoms with Crippen molar-refractivity contribution in [2.75, 3.05) is 18.5 Å². The molecule has 0 aliphatic carbocycles. The Morgan fingerprint density at radius 1 is 0.971 bits per heavy atom. The van der Waals surface area contributed by atoms with E-state index in [-0.39, 0.29) is 12.3 Å². The third-order valence-electron chi connectivity index (χ3n) is 5.43. The molecule has 0 fully saturated rings. The van der Waals surface area contributed by atoms with Gasteiger partial charge < -0.3 is 19.7 Å². The highest BCUT2D eigenvalue weighted by Crippen LogP contribution is 2.22. The number of benzene rings is 2. The van der Waals surface area contributed by atoms with Crippen LogP contribution in [0.2, 0.25) is 0 Å². The van der Waals surface area contributed by atoms with Crippen LogP contribution in [0.3, 0.4) is 0 Å². The number of esters is 1. The molecule has 2 rings (SSSR count). The zero-order valence-electron chi connectivity index (χ0n) is 21.0. The number of hydrogen-bond donors (Lipinski definition) is 1. The largest absolute Gasteiger partial charge is 0.476 e. The molecule has 0 saturated carbocycles. The molecule has 0 aliphatic rings. The second kappa shape index (κ2) is 13.7. The number of nitrogens with zero attached hydrogens (tertiary/aromatic N) is 1. The Balaban J connectivity index is 2.08. The molecule has 35 heavy (non-hydrogen) atoms. The van der Waals surface area contributed by atoms with Crippen LogP contribution >= 0.6 is 0 Å². The molecule has 0 bridgehead atoms. The van der Waals surface area contributed by atoms with Gasteiger partial charge in [-0.15, -0.1) is 0 Å². The molecule has 1 N–H and O–H groups in total. The molecule has 6 nitrogen and oxygen atoms in total. The second-order valence-corrected chi connectivity index (χ2v) is 8.87. The van der Waals surface area contributed by atoms with Gasteiger partial charge in [0.2, 0.25) is 0 Å². The van der Waals surface area contributed by atoms with Gasteiger partial charge in [0, 0.05) is 19.2 Å². The van der Waals surface area contributed by atoms with Crippen molar-refractivity contribution in [3.05, 3.63) is 59.7 Å². The summed E-state index contributed by atoms with van der Waals surface area (Å²) in [5.41, 5.74) is -0.367. The van der Waals surface area contributed by atoms with Gasteiger partial charge in [0.1, 0.15) is 17.4 Å². The van der Waals surface area contributed by atoms with Crippen LogP contribution in [0.5, 0.6) is 5.75 Å². The Labute approximate surface area is 206 Å². The predicted octanol–water partition coefficient (Wildman–Crippen LogP) is 6.69. The van der Waals surface area contributed by atoms with Gasteiger partial charge in [-0.3, -0.25) is 0 Å². The predicted molar refractivity (Wildman–Crippen MR) is 132 cm³/mol. The summed E-state index contributed by atoms with van der Waals surface area (Å²) in [7, 11) is 0. The normalized spacial score (nSPS) is 11.1. The highest BCUT2D eigenvalue weighted by atomic mass is 19.1. The van der Waals surface area contributed by atoms with E-state index in [1.54, 1.807) is 37.8 Å². The van der Waals surface area contributed by atoms with Crippen molar-refractivity contribution >= 4 is 17.7 Å². The van der Waals surface area contributed by atoms with Crippen LogP contribution in [0, 0.1) is 11.6 Å². The molecule has 0 spiro atoms. The number of carbonyl (C=O) groups is 2. The Bertz CT molecular complexity index is 964. The van der Waals surface area contributed by atoms with Gasteiger partial charge in [-0.1, -0.05) is 44.7 Å². The van der Waals surface area contributed by atoms with Crippen LogP contribution in [0.4, 0.5) is 19.3 Å². The Morgan fingerprint density at radius 3 is 2.29 bits per heavy atom. The summed E-state index contributed by atoms with van der Waals surface area (Å²) in [6, 6.07) is 9.67. The number of halogens is 2. The van der Waals surface area contributed by atoms with Crippen molar-refractivity contribution in [2.45, 2.75) is 71.9 Å². The average molecular weight is 491 g/mol. The van der Waals surface area contributed by atoms with Crippen LogP contribution in [0.1, 0.15) is 65.4 Å². The standard InChI is InChI=1S/C27H36F2N2O4/c1-5-7-8-9-10-17-31(26(33)30-24-16-13-21(28)18-23(24)29)19-20-11-14-22(15-12-20)35-27(3,4)25(32)34-6-2/h11-16,18H,5-10,17,19H2,1-4H3,(H,30,33). The van der Waals surface area contributed by atoms with E-state index >= 15 is 0 Å². The van der Waals surface area contributed by atoms with Crippen molar-refractivity contribution in [1.82, 2.24) is 4.90 Å². The molecular formula is C27H36F2N2O4. The number of nitrogens with one attached hydrogen (secondary N) is 1. The minimum atomic E-state index is -1.14. The van der Waals surface area contributed by atoms with Gasteiger partial charge in [-0.05, 0) is 57.0 Å². The monoisotopic (exact) mass is 490 g/mol. The van der Waals surface area contributed by atoms with E-state index in [4.69, 9.17) is 9.47 Å². The van der Waals surface area contributed by atoms with E-state index in [0.29, 0.717) is 18.8 Å². The fraction of sp³-hybridized carbons (Fsp3) is 0.481. The zero-order valence-corrected chi connectivity index (χ0v) is 21.0. The topological polar surface area (TPSA) is 67.9 Å². The molecule has 0 saturated heterocycles. The number of unbranched alkanes of at least 4 members (excludes halogenated alkanes) is 4. The first kappa shape index (κ1) is 28.1. The second-order valence-electron chi connectivity index (χ2n) is 8.87. The summed E-state index contributed by atoms with van der Waals surface area (Å²) in [4.78, 5) is 26.6. The molecule has 192 valence electrons. The van der Waals surface area contributed by atoms with Gasteiger partial charge >= 0.3 is 12.0 Å².